The zero-order valence-corrected chi connectivity index (χ0v) is 10.7. The Morgan fingerprint density at radius 3 is 2.31 bits per heavy atom. The zero-order chi connectivity index (χ0) is 12.0. The van der Waals surface area contributed by atoms with Crippen molar-refractivity contribution in [1.82, 2.24) is 5.32 Å². The maximum atomic E-state index is 9.51. The smallest absolute Gasteiger partial charge is 0.0662 e. The topological polar surface area (TPSA) is 32.3 Å². The van der Waals surface area contributed by atoms with Crippen molar-refractivity contribution in [3.8, 4) is 0 Å². The van der Waals surface area contributed by atoms with Crippen molar-refractivity contribution in [1.29, 1.82) is 0 Å². The number of hydrogen-bond donors (Lipinski definition) is 2. The van der Waals surface area contributed by atoms with Gasteiger partial charge in [0.25, 0.3) is 0 Å². The highest BCUT2D eigenvalue weighted by atomic mass is 35.5. The number of aliphatic hydroxyl groups is 1. The van der Waals surface area contributed by atoms with Gasteiger partial charge in [0.05, 0.1) is 6.10 Å². The standard InChI is InChI=1S/C13H20ClNO/c1-3-12(16)9-15-13(4-2)10-5-7-11(14)8-6-10/h5-8,12-13,15-16H,3-4,9H2,1-2H3. The minimum atomic E-state index is -0.263. The summed E-state index contributed by atoms with van der Waals surface area (Å²) in [6.45, 7) is 4.75. The number of hydrogen-bond acceptors (Lipinski definition) is 2. The van der Waals surface area contributed by atoms with E-state index in [1.54, 1.807) is 0 Å². The molecule has 0 aromatic heterocycles. The normalized spacial score (nSPS) is 14.8. The number of halogens is 1. The summed E-state index contributed by atoms with van der Waals surface area (Å²) in [5.41, 5.74) is 1.22. The van der Waals surface area contributed by atoms with E-state index >= 15 is 0 Å². The van der Waals surface area contributed by atoms with Crippen molar-refractivity contribution in [3.05, 3.63) is 34.9 Å². The summed E-state index contributed by atoms with van der Waals surface area (Å²) in [7, 11) is 0. The van der Waals surface area contributed by atoms with E-state index in [-0.39, 0.29) is 6.10 Å². The fourth-order valence-corrected chi connectivity index (χ4v) is 1.74. The third kappa shape index (κ3) is 4.12. The monoisotopic (exact) mass is 241 g/mol. The SMILES string of the molecule is CCC(O)CNC(CC)c1ccc(Cl)cc1. The molecule has 0 amide bonds. The van der Waals surface area contributed by atoms with Gasteiger partial charge in [0.15, 0.2) is 0 Å². The van der Waals surface area contributed by atoms with Gasteiger partial charge in [-0.05, 0) is 30.5 Å². The fraction of sp³-hybridized carbons (Fsp3) is 0.538. The van der Waals surface area contributed by atoms with E-state index < -0.39 is 0 Å². The van der Waals surface area contributed by atoms with Crippen LogP contribution in [-0.2, 0) is 0 Å². The summed E-state index contributed by atoms with van der Waals surface area (Å²) >= 11 is 5.85. The molecular formula is C13H20ClNO. The Morgan fingerprint density at radius 1 is 1.19 bits per heavy atom. The summed E-state index contributed by atoms with van der Waals surface area (Å²) in [5, 5.41) is 13.6. The molecule has 16 heavy (non-hydrogen) atoms. The molecule has 1 aromatic carbocycles. The van der Waals surface area contributed by atoms with Crippen LogP contribution in [0.2, 0.25) is 5.02 Å². The lowest BCUT2D eigenvalue weighted by Gasteiger charge is -2.19. The molecule has 0 spiro atoms. The van der Waals surface area contributed by atoms with E-state index in [1.807, 2.05) is 31.2 Å². The lowest BCUT2D eigenvalue weighted by molar-refractivity contribution is 0.162. The van der Waals surface area contributed by atoms with Gasteiger partial charge in [0.2, 0.25) is 0 Å². The van der Waals surface area contributed by atoms with Crippen LogP contribution in [0.5, 0.6) is 0 Å². The molecule has 0 fully saturated rings. The van der Waals surface area contributed by atoms with Gasteiger partial charge in [-0.15, -0.1) is 0 Å². The molecule has 1 aromatic rings. The van der Waals surface area contributed by atoms with Gasteiger partial charge in [-0.25, -0.2) is 0 Å². The van der Waals surface area contributed by atoms with E-state index in [4.69, 9.17) is 11.6 Å². The minimum Gasteiger partial charge on any atom is -0.392 e. The lowest BCUT2D eigenvalue weighted by atomic mass is 10.0. The lowest BCUT2D eigenvalue weighted by Crippen LogP contribution is -2.29. The average Bonchev–Trinajstić information content (AvgIpc) is 2.31. The van der Waals surface area contributed by atoms with E-state index in [9.17, 15) is 5.11 Å². The molecule has 3 heteroatoms. The molecule has 2 N–H and O–H groups in total. The van der Waals surface area contributed by atoms with Gasteiger partial charge in [-0.2, -0.15) is 0 Å². The predicted molar refractivity (Wildman–Crippen MR) is 68.8 cm³/mol. The molecule has 0 aliphatic heterocycles. The van der Waals surface area contributed by atoms with Crippen LogP contribution in [0.1, 0.15) is 38.3 Å². The summed E-state index contributed by atoms with van der Waals surface area (Å²) in [6.07, 6.45) is 1.52. The summed E-state index contributed by atoms with van der Waals surface area (Å²) in [4.78, 5) is 0. The molecule has 90 valence electrons. The van der Waals surface area contributed by atoms with Crippen LogP contribution in [0.15, 0.2) is 24.3 Å². The van der Waals surface area contributed by atoms with Gasteiger partial charge in [0.1, 0.15) is 0 Å². The number of aliphatic hydroxyl groups excluding tert-OH is 1. The van der Waals surface area contributed by atoms with E-state index in [2.05, 4.69) is 12.2 Å². The zero-order valence-electron chi connectivity index (χ0n) is 9.91. The highest BCUT2D eigenvalue weighted by molar-refractivity contribution is 6.30. The number of nitrogens with one attached hydrogen (secondary N) is 1. The van der Waals surface area contributed by atoms with Crippen molar-refractivity contribution in [2.24, 2.45) is 0 Å². The van der Waals surface area contributed by atoms with Gasteiger partial charge in [-0.3, -0.25) is 0 Å². The second-order valence-electron chi connectivity index (χ2n) is 3.98. The Morgan fingerprint density at radius 2 is 1.81 bits per heavy atom. The van der Waals surface area contributed by atoms with Crippen molar-refractivity contribution in [3.63, 3.8) is 0 Å². The Bertz CT molecular complexity index is 299. The van der Waals surface area contributed by atoms with E-state index in [0.717, 1.165) is 17.9 Å². The molecule has 2 nitrogen and oxygen atoms in total. The van der Waals surface area contributed by atoms with Gasteiger partial charge in [-0.1, -0.05) is 37.6 Å². The Kier molecular flexibility index (Phi) is 5.81. The molecule has 0 radical (unpaired) electrons. The van der Waals surface area contributed by atoms with E-state index in [0.29, 0.717) is 12.6 Å². The van der Waals surface area contributed by atoms with Crippen molar-refractivity contribution < 1.29 is 5.11 Å². The van der Waals surface area contributed by atoms with Crippen LogP contribution >= 0.6 is 11.6 Å². The molecule has 1 rings (SSSR count). The molecule has 0 saturated carbocycles. The highest BCUT2D eigenvalue weighted by Crippen LogP contribution is 2.19. The van der Waals surface area contributed by atoms with E-state index in [1.165, 1.54) is 5.56 Å². The number of rotatable bonds is 6. The average molecular weight is 242 g/mol. The molecule has 0 aliphatic rings. The van der Waals surface area contributed by atoms with Crippen LogP contribution in [-0.4, -0.2) is 17.8 Å². The second kappa shape index (κ2) is 6.89. The maximum absolute atomic E-state index is 9.51. The molecule has 2 unspecified atom stereocenters. The Balaban J connectivity index is 2.57. The Hall–Kier alpha value is -0.570. The first kappa shape index (κ1) is 13.5. The molecule has 0 heterocycles. The second-order valence-corrected chi connectivity index (χ2v) is 4.42. The molecule has 0 aliphatic carbocycles. The van der Waals surface area contributed by atoms with Crippen LogP contribution in [0.3, 0.4) is 0 Å². The first-order chi connectivity index (χ1) is 7.67. The predicted octanol–water partition coefficient (Wildman–Crippen LogP) is 3.15. The molecule has 0 bridgehead atoms. The van der Waals surface area contributed by atoms with Crippen molar-refractivity contribution in [2.45, 2.75) is 38.8 Å². The largest absolute Gasteiger partial charge is 0.392 e. The third-order valence-electron chi connectivity index (χ3n) is 2.75. The third-order valence-corrected chi connectivity index (χ3v) is 3.00. The maximum Gasteiger partial charge on any atom is 0.0662 e. The summed E-state index contributed by atoms with van der Waals surface area (Å²) in [6, 6.07) is 8.15. The van der Waals surface area contributed by atoms with Crippen LogP contribution < -0.4 is 5.32 Å². The summed E-state index contributed by atoms with van der Waals surface area (Å²) in [5.74, 6) is 0. The van der Waals surface area contributed by atoms with Crippen LogP contribution in [0, 0.1) is 0 Å². The highest BCUT2D eigenvalue weighted by Gasteiger charge is 2.10. The van der Waals surface area contributed by atoms with Crippen LogP contribution in [0.4, 0.5) is 0 Å². The van der Waals surface area contributed by atoms with Gasteiger partial charge < -0.3 is 10.4 Å². The molecular weight excluding hydrogens is 222 g/mol. The van der Waals surface area contributed by atoms with Crippen LogP contribution in [0.25, 0.3) is 0 Å². The fourth-order valence-electron chi connectivity index (χ4n) is 1.62. The summed E-state index contributed by atoms with van der Waals surface area (Å²) < 4.78 is 0. The van der Waals surface area contributed by atoms with Gasteiger partial charge >= 0.3 is 0 Å². The van der Waals surface area contributed by atoms with Crippen molar-refractivity contribution in [2.75, 3.05) is 6.54 Å². The number of benzene rings is 1. The quantitative estimate of drug-likeness (QED) is 0.802. The van der Waals surface area contributed by atoms with Crippen molar-refractivity contribution >= 4 is 11.6 Å². The van der Waals surface area contributed by atoms with Gasteiger partial charge in [0, 0.05) is 17.6 Å². The molecule has 0 saturated heterocycles. The Labute approximate surface area is 103 Å². The first-order valence-electron chi connectivity index (χ1n) is 5.84. The minimum absolute atomic E-state index is 0.263. The first-order valence-corrected chi connectivity index (χ1v) is 6.22. The molecule has 2 atom stereocenters.